The van der Waals surface area contributed by atoms with Crippen LogP contribution in [0, 0.1) is 5.92 Å². The molecule has 2 aliphatic heterocycles. The minimum Gasteiger partial charge on any atom is -0.379 e. The maximum Gasteiger partial charge on any atom is 0.0518 e. The van der Waals surface area contributed by atoms with Gasteiger partial charge in [-0.15, -0.1) is 0 Å². The van der Waals surface area contributed by atoms with Gasteiger partial charge in [0.25, 0.3) is 0 Å². The van der Waals surface area contributed by atoms with E-state index in [0.29, 0.717) is 12.1 Å². The monoisotopic (exact) mass is 337 g/mol. The van der Waals surface area contributed by atoms with Crippen LogP contribution in [0.25, 0.3) is 0 Å². The van der Waals surface area contributed by atoms with Crippen molar-refractivity contribution in [2.75, 3.05) is 52.4 Å². The average molecular weight is 338 g/mol. The Balaban J connectivity index is 1.62. The van der Waals surface area contributed by atoms with E-state index in [2.05, 4.69) is 49.0 Å². The van der Waals surface area contributed by atoms with Gasteiger partial charge < -0.3 is 9.64 Å². The predicted molar refractivity (Wildman–Crippen MR) is 102 cm³/mol. The van der Waals surface area contributed by atoms with Gasteiger partial charge in [0.2, 0.25) is 0 Å². The average Bonchev–Trinajstić information content (AvgIpc) is 2.56. The van der Waals surface area contributed by atoms with Crippen LogP contribution in [-0.2, 0) is 4.74 Å². The summed E-state index contributed by atoms with van der Waals surface area (Å²) in [6.07, 6.45) is 4.22. The number of ether oxygens (including phenoxy) is 1. The lowest BCUT2D eigenvalue weighted by molar-refractivity contribution is 0.0591. The number of piperidine rings is 1. The molecule has 0 aromatic heterocycles. The summed E-state index contributed by atoms with van der Waals surface area (Å²) in [5, 5.41) is 0. The van der Waals surface area contributed by atoms with Crippen molar-refractivity contribution in [3.05, 3.63) is 12.3 Å². The second-order valence-corrected chi connectivity index (χ2v) is 8.11. The molecular formula is C20H39N3O. The molecule has 24 heavy (non-hydrogen) atoms. The van der Waals surface area contributed by atoms with Crippen molar-refractivity contribution in [3.8, 4) is 0 Å². The molecule has 0 unspecified atom stereocenters. The Labute approximate surface area is 149 Å². The Bertz CT molecular complexity index is 367. The molecule has 2 fully saturated rings. The fourth-order valence-electron chi connectivity index (χ4n) is 3.82. The van der Waals surface area contributed by atoms with Crippen LogP contribution in [0.2, 0.25) is 0 Å². The number of likely N-dealkylation sites (tertiary alicyclic amines) is 1. The molecule has 0 saturated carbocycles. The van der Waals surface area contributed by atoms with Gasteiger partial charge in [-0.3, -0.25) is 9.80 Å². The van der Waals surface area contributed by atoms with E-state index in [9.17, 15) is 0 Å². The van der Waals surface area contributed by atoms with Crippen LogP contribution in [0.3, 0.4) is 0 Å². The SMILES string of the molecule is C=C(CN1CCC(CCOC(C)C)CC1)N1CCN(C(C)C)CC1. The van der Waals surface area contributed by atoms with Gasteiger partial charge in [-0.05, 0) is 66.0 Å². The van der Waals surface area contributed by atoms with Gasteiger partial charge in [0.15, 0.2) is 0 Å². The highest BCUT2D eigenvalue weighted by Crippen LogP contribution is 2.22. The zero-order chi connectivity index (χ0) is 17.5. The van der Waals surface area contributed by atoms with Gasteiger partial charge in [-0.1, -0.05) is 6.58 Å². The maximum absolute atomic E-state index is 5.70. The van der Waals surface area contributed by atoms with Crippen LogP contribution < -0.4 is 0 Å². The molecule has 0 atom stereocenters. The molecule has 0 N–H and O–H groups in total. The second-order valence-electron chi connectivity index (χ2n) is 8.11. The number of hydrogen-bond donors (Lipinski definition) is 0. The third-order valence-corrected chi connectivity index (χ3v) is 5.58. The summed E-state index contributed by atoms with van der Waals surface area (Å²) in [6, 6.07) is 0.666. The van der Waals surface area contributed by atoms with Gasteiger partial charge in [-0.25, -0.2) is 0 Å². The zero-order valence-corrected chi connectivity index (χ0v) is 16.5. The second kappa shape index (κ2) is 9.79. The molecule has 0 radical (unpaired) electrons. The van der Waals surface area contributed by atoms with Gasteiger partial charge in [0, 0.05) is 51.1 Å². The van der Waals surface area contributed by atoms with Crippen molar-refractivity contribution in [1.82, 2.24) is 14.7 Å². The Morgan fingerprint density at radius 1 is 1.00 bits per heavy atom. The Morgan fingerprint density at radius 3 is 2.17 bits per heavy atom. The highest BCUT2D eigenvalue weighted by molar-refractivity contribution is 4.99. The normalized spacial score (nSPS) is 21.8. The Morgan fingerprint density at radius 2 is 1.62 bits per heavy atom. The third kappa shape index (κ3) is 6.38. The van der Waals surface area contributed by atoms with E-state index in [4.69, 9.17) is 4.74 Å². The van der Waals surface area contributed by atoms with Crippen LogP contribution in [0.4, 0.5) is 0 Å². The summed E-state index contributed by atoms with van der Waals surface area (Å²) in [5.74, 6) is 0.850. The Kier molecular flexibility index (Phi) is 8.05. The summed E-state index contributed by atoms with van der Waals surface area (Å²) < 4.78 is 5.70. The van der Waals surface area contributed by atoms with Crippen molar-refractivity contribution in [2.24, 2.45) is 5.92 Å². The molecule has 2 heterocycles. The fraction of sp³-hybridized carbons (Fsp3) is 0.900. The molecule has 4 heteroatoms. The summed E-state index contributed by atoms with van der Waals surface area (Å²) >= 11 is 0. The first-order chi connectivity index (χ1) is 11.5. The molecule has 0 amide bonds. The predicted octanol–water partition coefficient (Wildman–Crippen LogP) is 3.05. The number of nitrogens with zero attached hydrogens (tertiary/aromatic N) is 3. The van der Waals surface area contributed by atoms with E-state index < -0.39 is 0 Å². The summed E-state index contributed by atoms with van der Waals surface area (Å²) in [4.78, 5) is 7.66. The first-order valence-corrected chi connectivity index (χ1v) is 9.96. The number of hydrogen-bond acceptors (Lipinski definition) is 4. The summed E-state index contributed by atoms with van der Waals surface area (Å²) in [6.45, 7) is 22.2. The molecule has 0 aromatic carbocycles. The quantitative estimate of drug-likeness (QED) is 0.677. The molecule has 0 aromatic rings. The number of piperazine rings is 1. The lowest BCUT2D eigenvalue weighted by atomic mass is 9.94. The van der Waals surface area contributed by atoms with Crippen LogP contribution in [0.1, 0.15) is 47.0 Å². The lowest BCUT2D eigenvalue weighted by Gasteiger charge is -2.40. The van der Waals surface area contributed by atoms with Crippen LogP contribution in [0.5, 0.6) is 0 Å². The summed E-state index contributed by atoms with van der Waals surface area (Å²) in [5.41, 5.74) is 1.32. The maximum atomic E-state index is 5.70. The van der Waals surface area contributed by atoms with E-state index in [-0.39, 0.29) is 0 Å². The minimum atomic E-state index is 0.365. The van der Waals surface area contributed by atoms with Crippen molar-refractivity contribution < 1.29 is 4.74 Å². The van der Waals surface area contributed by atoms with E-state index >= 15 is 0 Å². The largest absolute Gasteiger partial charge is 0.379 e. The van der Waals surface area contributed by atoms with Gasteiger partial charge in [0.05, 0.1) is 6.10 Å². The summed E-state index contributed by atoms with van der Waals surface area (Å²) in [7, 11) is 0. The first kappa shape index (κ1) is 19.7. The van der Waals surface area contributed by atoms with Crippen molar-refractivity contribution >= 4 is 0 Å². The zero-order valence-electron chi connectivity index (χ0n) is 16.5. The Hall–Kier alpha value is -0.580. The lowest BCUT2D eigenvalue weighted by Crippen LogP contribution is -2.49. The topological polar surface area (TPSA) is 19.0 Å². The minimum absolute atomic E-state index is 0.365. The number of rotatable bonds is 8. The molecule has 0 aliphatic carbocycles. The van der Waals surface area contributed by atoms with E-state index in [0.717, 1.165) is 32.2 Å². The molecule has 140 valence electrons. The van der Waals surface area contributed by atoms with Crippen LogP contribution in [-0.4, -0.2) is 79.3 Å². The highest BCUT2D eigenvalue weighted by Gasteiger charge is 2.23. The van der Waals surface area contributed by atoms with Gasteiger partial charge in [-0.2, -0.15) is 0 Å². The van der Waals surface area contributed by atoms with Gasteiger partial charge in [0.1, 0.15) is 0 Å². The smallest absolute Gasteiger partial charge is 0.0518 e. The van der Waals surface area contributed by atoms with Crippen molar-refractivity contribution in [2.45, 2.75) is 59.1 Å². The highest BCUT2D eigenvalue weighted by atomic mass is 16.5. The molecule has 2 saturated heterocycles. The molecule has 4 nitrogen and oxygen atoms in total. The molecule has 2 rings (SSSR count). The molecule has 2 aliphatic rings. The van der Waals surface area contributed by atoms with E-state index in [1.807, 2.05) is 0 Å². The van der Waals surface area contributed by atoms with Crippen molar-refractivity contribution in [3.63, 3.8) is 0 Å². The standard InChI is InChI=1S/C20H39N3O/c1-17(2)22-11-13-23(14-12-22)19(5)16-21-9-6-20(7-10-21)8-15-24-18(3)4/h17-18,20H,5-16H2,1-4H3. The van der Waals surface area contributed by atoms with E-state index in [1.165, 1.54) is 51.1 Å². The van der Waals surface area contributed by atoms with Crippen molar-refractivity contribution in [1.29, 1.82) is 0 Å². The third-order valence-electron chi connectivity index (χ3n) is 5.58. The first-order valence-electron chi connectivity index (χ1n) is 9.96. The molecular weight excluding hydrogens is 298 g/mol. The fourth-order valence-corrected chi connectivity index (χ4v) is 3.82. The molecule has 0 bridgehead atoms. The van der Waals surface area contributed by atoms with Gasteiger partial charge >= 0.3 is 0 Å². The molecule has 0 spiro atoms. The van der Waals surface area contributed by atoms with Crippen LogP contribution in [0.15, 0.2) is 12.3 Å². The van der Waals surface area contributed by atoms with Crippen LogP contribution >= 0.6 is 0 Å². The van der Waals surface area contributed by atoms with E-state index in [1.54, 1.807) is 0 Å².